The Labute approximate surface area is 112 Å². The van der Waals surface area contributed by atoms with Gasteiger partial charge in [-0.05, 0) is 37.8 Å². The molecule has 19 heavy (non-hydrogen) atoms. The molecular formula is C15H18O4. The van der Waals surface area contributed by atoms with Crippen molar-refractivity contribution in [1.82, 2.24) is 0 Å². The van der Waals surface area contributed by atoms with Gasteiger partial charge in [0.1, 0.15) is 17.1 Å². The monoisotopic (exact) mass is 262 g/mol. The van der Waals surface area contributed by atoms with E-state index < -0.39 is 23.1 Å². The normalized spacial score (nSPS) is 48.8. The van der Waals surface area contributed by atoms with Crippen LogP contribution in [0.4, 0.5) is 0 Å². The van der Waals surface area contributed by atoms with Crippen LogP contribution in [0, 0.1) is 17.3 Å². The van der Waals surface area contributed by atoms with Crippen LogP contribution in [0.25, 0.3) is 0 Å². The number of ether oxygens (including phenoxy) is 1. The smallest absolute Gasteiger partial charge is 0.334 e. The number of aliphatic hydroxyl groups is 1. The van der Waals surface area contributed by atoms with E-state index in [0.717, 1.165) is 12.8 Å². The molecule has 3 aliphatic rings. The second-order valence-electron chi connectivity index (χ2n) is 6.16. The Morgan fingerprint density at radius 3 is 2.79 bits per heavy atom. The van der Waals surface area contributed by atoms with Gasteiger partial charge >= 0.3 is 5.97 Å². The Morgan fingerprint density at radius 1 is 1.42 bits per heavy atom. The lowest BCUT2D eigenvalue weighted by molar-refractivity contribution is -0.165. The molecule has 1 saturated heterocycles. The van der Waals surface area contributed by atoms with Gasteiger partial charge in [0.2, 0.25) is 0 Å². The molecule has 102 valence electrons. The van der Waals surface area contributed by atoms with E-state index in [-0.39, 0.29) is 17.6 Å². The molecule has 0 aromatic heterocycles. The number of carbonyl (C=O) groups excluding carboxylic acids is 2. The van der Waals surface area contributed by atoms with Crippen molar-refractivity contribution in [2.24, 2.45) is 17.3 Å². The third-order valence-corrected chi connectivity index (χ3v) is 5.37. The van der Waals surface area contributed by atoms with E-state index in [4.69, 9.17) is 4.74 Å². The van der Waals surface area contributed by atoms with Gasteiger partial charge in [0.25, 0.3) is 0 Å². The number of hydrogen-bond acceptors (Lipinski definition) is 4. The maximum atomic E-state index is 12.3. The molecule has 1 saturated carbocycles. The van der Waals surface area contributed by atoms with Crippen molar-refractivity contribution < 1.29 is 19.4 Å². The van der Waals surface area contributed by atoms with E-state index in [2.05, 4.69) is 6.58 Å². The van der Waals surface area contributed by atoms with Crippen molar-refractivity contribution >= 4 is 11.8 Å². The molecule has 0 spiro atoms. The number of allylic oxidation sites excluding steroid dienone is 1. The summed E-state index contributed by atoms with van der Waals surface area (Å²) in [5.41, 5.74) is -1.90. The first-order valence-corrected chi connectivity index (χ1v) is 6.68. The van der Waals surface area contributed by atoms with E-state index in [0.29, 0.717) is 5.57 Å². The summed E-state index contributed by atoms with van der Waals surface area (Å²) in [7, 11) is 0. The average molecular weight is 262 g/mol. The Hall–Kier alpha value is -1.42. The Bertz CT molecular complexity index is 520. The first-order valence-electron chi connectivity index (χ1n) is 6.68. The second kappa shape index (κ2) is 3.57. The zero-order chi connectivity index (χ0) is 14.0. The van der Waals surface area contributed by atoms with Gasteiger partial charge in [-0.1, -0.05) is 13.5 Å². The molecule has 0 aromatic carbocycles. The maximum absolute atomic E-state index is 12.3. The second-order valence-corrected chi connectivity index (χ2v) is 6.16. The van der Waals surface area contributed by atoms with E-state index in [1.54, 1.807) is 13.0 Å². The molecule has 0 amide bonds. The summed E-state index contributed by atoms with van der Waals surface area (Å²) < 4.78 is 5.40. The van der Waals surface area contributed by atoms with Gasteiger partial charge in [-0.3, -0.25) is 4.79 Å². The first-order chi connectivity index (χ1) is 8.82. The molecule has 4 heteroatoms. The van der Waals surface area contributed by atoms with Crippen LogP contribution < -0.4 is 0 Å². The molecule has 4 nitrogen and oxygen atoms in total. The van der Waals surface area contributed by atoms with Crippen LogP contribution in [0.5, 0.6) is 0 Å². The number of ketones is 1. The summed E-state index contributed by atoms with van der Waals surface area (Å²) in [5.74, 6) is -0.829. The Kier molecular flexibility index (Phi) is 2.37. The zero-order valence-corrected chi connectivity index (χ0v) is 11.2. The van der Waals surface area contributed by atoms with Gasteiger partial charge in [-0.2, -0.15) is 0 Å². The van der Waals surface area contributed by atoms with Crippen LogP contribution in [-0.4, -0.2) is 28.6 Å². The molecule has 2 aliphatic carbocycles. The summed E-state index contributed by atoms with van der Waals surface area (Å²) in [4.78, 5) is 24.1. The lowest BCUT2D eigenvalue weighted by Crippen LogP contribution is -2.56. The van der Waals surface area contributed by atoms with E-state index in [1.807, 2.05) is 6.92 Å². The third kappa shape index (κ3) is 1.27. The summed E-state index contributed by atoms with van der Waals surface area (Å²) in [6.45, 7) is 7.44. The predicted octanol–water partition coefficient (Wildman–Crippen LogP) is 1.39. The molecule has 3 rings (SSSR count). The highest BCUT2D eigenvalue weighted by atomic mass is 16.6. The minimum Gasteiger partial charge on any atom is -0.457 e. The summed E-state index contributed by atoms with van der Waals surface area (Å²) in [5, 5.41) is 11.0. The number of fused-ring (bicyclic) bond motifs is 3. The van der Waals surface area contributed by atoms with Gasteiger partial charge in [0.05, 0.1) is 0 Å². The molecule has 2 fully saturated rings. The lowest BCUT2D eigenvalue weighted by Gasteiger charge is -2.43. The summed E-state index contributed by atoms with van der Waals surface area (Å²) >= 11 is 0. The number of carbonyl (C=O) groups is 2. The fraction of sp³-hybridized carbons (Fsp3) is 0.600. The molecule has 1 heterocycles. The highest BCUT2D eigenvalue weighted by Crippen LogP contribution is 2.56. The van der Waals surface area contributed by atoms with Crippen molar-refractivity contribution in [2.75, 3.05) is 0 Å². The molecule has 0 aromatic rings. The van der Waals surface area contributed by atoms with Crippen LogP contribution >= 0.6 is 0 Å². The highest BCUT2D eigenvalue weighted by Gasteiger charge is 2.66. The SMILES string of the molecule is C=C1C(=O)O[C@H]2[C@H]1CC[C@H](C)[C@@]1(O)C=CC(=O)[C@]21C. The quantitative estimate of drug-likeness (QED) is 0.529. The molecule has 0 radical (unpaired) electrons. The molecule has 5 atom stereocenters. The zero-order valence-electron chi connectivity index (χ0n) is 11.2. The lowest BCUT2D eigenvalue weighted by atomic mass is 9.65. The predicted molar refractivity (Wildman–Crippen MR) is 68.1 cm³/mol. The van der Waals surface area contributed by atoms with Gasteiger partial charge in [0.15, 0.2) is 5.78 Å². The fourth-order valence-corrected chi connectivity index (χ4v) is 3.89. The molecule has 1 aliphatic heterocycles. The first kappa shape index (κ1) is 12.6. The van der Waals surface area contributed by atoms with Crippen molar-refractivity contribution in [2.45, 2.75) is 38.4 Å². The Morgan fingerprint density at radius 2 is 2.11 bits per heavy atom. The van der Waals surface area contributed by atoms with Crippen molar-refractivity contribution in [3.63, 3.8) is 0 Å². The minimum atomic E-state index is -1.24. The standard InChI is InChI=1S/C15H18O4/c1-8-4-5-10-9(2)13(17)19-12(10)14(3)11(16)6-7-15(8,14)18/h6-8,10,12,18H,2,4-5H2,1,3H3/t8-,10-,12-,14+,15-/m0/s1. The van der Waals surface area contributed by atoms with Crippen LogP contribution in [0.3, 0.4) is 0 Å². The van der Waals surface area contributed by atoms with Crippen molar-refractivity contribution in [1.29, 1.82) is 0 Å². The molecule has 0 bridgehead atoms. The number of esters is 1. The largest absolute Gasteiger partial charge is 0.457 e. The third-order valence-electron chi connectivity index (χ3n) is 5.37. The summed E-state index contributed by atoms with van der Waals surface area (Å²) in [6, 6.07) is 0. The topological polar surface area (TPSA) is 63.6 Å². The maximum Gasteiger partial charge on any atom is 0.334 e. The molecular weight excluding hydrogens is 244 g/mol. The molecule has 1 N–H and O–H groups in total. The highest BCUT2D eigenvalue weighted by molar-refractivity contribution is 6.01. The van der Waals surface area contributed by atoms with Crippen molar-refractivity contribution in [3.05, 3.63) is 24.3 Å². The van der Waals surface area contributed by atoms with Crippen LogP contribution in [0.2, 0.25) is 0 Å². The van der Waals surface area contributed by atoms with E-state index in [9.17, 15) is 14.7 Å². The number of hydrogen-bond donors (Lipinski definition) is 1. The van der Waals surface area contributed by atoms with Gasteiger partial charge in [-0.15, -0.1) is 0 Å². The average Bonchev–Trinajstić information content (AvgIpc) is 2.76. The molecule has 0 unspecified atom stereocenters. The minimum absolute atomic E-state index is 0.0581. The van der Waals surface area contributed by atoms with E-state index >= 15 is 0 Å². The fourth-order valence-electron chi connectivity index (χ4n) is 3.89. The van der Waals surface area contributed by atoms with Crippen LogP contribution in [-0.2, 0) is 14.3 Å². The van der Waals surface area contributed by atoms with Gasteiger partial charge in [-0.25, -0.2) is 4.79 Å². The summed E-state index contributed by atoms with van der Waals surface area (Å²) in [6.07, 6.45) is 3.85. The van der Waals surface area contributed by atoms with Gasteiger partial charge < -0.3 is 9.84 Å². The van der Waals surface area contributed by atoms with E-state index in [1.165, 1.54) is 6.08 Å². The van der Waals surface area contributed by atoms with Crippen molar-refractivity contribution in [3.8, 4) is 0 Å². The van der Waals surface area contributed by atoms with Gasteiger partial charge in [0, 0.05) is 11.5 Å². The van der Waals surface area contributed by atoms with Crippen LogP contribution in [0.1, 0.15) is 26.7 Å². The van der Waals surface area contributed by atoms with Crippen LogP contribution in [0.15, 0.2) is 24.3 Å². The Balaban J connectivity index is 2.16. The number of rotatable bonds is 0.